The van der Waals surface area contributed by atoms with E-state index in [-0.39, 0.29) is 30.4 Å². The number of carbonyl (C=O) groups excluding carboxylic acids is 2. The van der Waals surface area contributed by atoms with Crippen LogP contribution in [0.5, 0.6) is 0 Å². The standard InChI is InChI=1S/C40H40N10O2S/c1-6-36(51)49-23(2)19-33(32-9-7-8-10-34(32)49)43-29-15-11-28(12-16-29)39(52)42-20-30-22-48(47-45-30)31-17-13-27(14-18-31)38-37-24(3)25(4)53-40(37)50-26(5)44-46-35(50)21-41-38/h7-18,22-23,33,43H,6,19-21H2,1-5H3,(H,42,52)/t23-,33+/m0/s1. The molecule has 12 nitrogen and oxygen atoms in total. The molecule has 3 aromatic carbocycles. The molecule has 2 amide bonds. The van der Waals surface area contributed by atoms with Gasteiger partial charge >= 0.3 is 0 Å². The number of para-hydroxylation sites is 1. The highest BCUT2D eigenvalue weighted by atomic mass is 32.1. The molecule has 268 valence electrons. The normalized spacial score (nSPS) is 16.2. The van der Waals surface area contributed by atoms with Gasteiger partial charge in [0.25, 0.3) is 5.91 Å². The van der Waals surface area contributed by atoms with Gasteiger partial charge in [0.15, 0.2) is 5.82 Å². The largest absolute Gasteiger partial charge is 0.378 e. The van der Waals surface area contributed by atoms with Crippen molar-refractivity contribution in [1.82, 2.24) is 35.1 Å². The van der Waals surface area contributed by atoms with Crippen molar-refractivity contribution in [2.75, 3.05) is 10.2 Å². The van der Waals surface area contributed by atoms with Crippen molar-refractivity contribution in [2.24, 2.45) is 4.99 Å². The lowest BCUT2D eigenvalue weighted by atomic mass is 9.91. The Morgan fingerprint density at radius 3 is 2.49 bits per heavy atom. The Balaban J connectivity index is 0.907. The lowest BCUT2D eigenvalue weighted by Crippen LogP contribution is -2.44. The number of anilines is 2. The first kappa shape index (κ1) is 34.2. The van der Waals surface area contributed by atoms with Crippen molar-refractivity contribution in [3.05, 3.63) is 129 Å². The highest BCUT2D eigenvalue weighted by Gasteiger charge is 2.33. The average Bonchev–Trinajstić information content (AvgIpc) is 3.85. The molecule has 5 heterocycles. The van der Waals surface area contributed by atoms with E-state index in [0.29, 0.717) is 24.2 Å². The van der Waals surface area contributed by atoms with Gasteiger partial charge in [-0.1, -0.05) is 42.5 Å². The Bertz CT molecular complexity index is 2370. The molecule has 0 fully saturated rings. The zero-order chi connectivity index (χ0) is 36.8. The Labute approximate surface area is 311 Å². The molecule has 0 bridgehead atoms. The number of benzene rings is 3. The summed E-state index contributed by atoms with van der Waals surface area (Å²) in [6, 6.07) is 23.8. The topological polar surface area (TPSA) is 135 Å². The Morgan fingerprint density at radius 1 is 0.943 bits per heavy atom. The van der Waals surface area contributed by atoms with E-state index in [9.17, 15) is 9.59 Å². The molecule has 0 saturated heterocycles. The van der Waals surface area contributed by atoms with E-state index in [4.69, 9.17) is 4.99 Å². The lowest BCUT2D eigenvalue weighted by Gasteiger charge is -2.40. The summed E-state index contributed by atoms with van der Waals surface area (Å²) in [5, 5.41) is 25.0. The number of carbonyl (C=O) groups is 2. The van der Waals surface area contributed by atoms with E-state index in [1.54, 1.807) is 16.0 Å². The summed E-state index contributed by atoms with van der Waals surface area (Å²) in [5.74, 6) is 1.62. The molecule has 3 aromatic heterocycles. The third-order valence-corrected chi connectivity index (χ3v) is 11.3. The van der Waals surface area contributed by atoms with E-state index in [2.05, 4.69) is 74.7 Å². The number of aliphatic imine (C=N–C) groups is 1. The van der Waals surface area contributed by atoms with Crippen LogP contribution in [0.4, 0.5) is 11.4 Å². The van der Waals surface area contributed by atoms with Gasteiger partial charge in [-0.05, 0) is 87.7 Å². The van der Waals surface area contributed by atoms with Gasteiger partial charge in [-0.2, -0.15) is 0 Å². The highest BCUT2D eigenvalue weighted by Crippen LogP contribution is 2.39. The fourth-order valence-electron chi connectivity index (χ4n) is 7.25. The molecule has 2 atom stereocenters. The predicted octanol–water partition coefficient (Wildman–Crippen LogP) is 6.80. The van der Waals surface area contributed by atoms with Gasteiger partial charge in [0.1, 0.15) is 23.1 Å². The summed E-state index contributed by atoms with van der Waals surface area (Å²) in [6.45, 7) is 10.9. The number of rotatable bonds is 8. The van der Waals surface area contributed by atoms with E-state index in [1.165, 1.54) is 10.4 Å². The van der Waals surface area contributed by atoms with Gasteiger partial charge in [0.05, 0.1) is 30.2 Å². The lowest BCUT2D eigenvalue weighted by molar-refractivity contribution is -0.118. The maximum absolute atomic E-state index is 13.1. The zero-order valence-electron chi connectivity index (χ0n) is 30.3. The summed E-state index contributed by atoms with van der Waals surface area (Å²) in [7, 11) is 0. The molecular formula is C40H40N10O2S. The highest BCUT2D eigenvalue weighted by molar-refractivity contribution is 7.15. The third kappa shape index (κ3) is 6.30. The minimum Gasteiger partial charge on any atom is -0.378 e. The number of aromatic nitrogens is 6. The zero-order valence-corrected chi connectivity index (χ0v) is 31.1. The maximum Gasteiger partial charge on any atom is 0.251 e. The summed E-state index contributed by atoms with van der Waals surface area (Å²) >= 11 is 1.74. The molecular weight excluding hydrogens is 685 g/mol. The molecule has 0 spiro atoms. The Hall–Kier alpha value is -5.95. The van der Waals surface area contributed by atoms with Crippen LogP contribution in [-0.2, 0) is 17.9 Å². The minimum atomic E-state index is -0.198. The van der Waals surface area contributed by atoms with E-state index < -0.39 is 0 Å². The van der Waals surface area contributed by atoms with Gasteiger partial charge in [0.2, 0.25) is 5.91 Å². The van der Waals surface area contributed by atoms with E-state index >= 15 is 0 Å². The molecule has 2 aliphatic heterocycles. The first-order chi connectivity index (χ1) is 25.7. The quantitative estimate of drug-likeness (QED) is 0.176. The van der Waals surface area contributed by atoms with Crippen molar-refractivity contribution < 1.29 is 9.59 Å². The summed E-state index contributed by atoms with van der Waals surface area (Å²) in [5.41, 5.74) is 9.27. The van der Waals surface area contributed by atoms with Crippen LogP contribution in [0.25, 0.3) is 10.7 Å². The number of hydrogen-bond acceptors (Lipinski definition) is 9. The fraction of sp³-hybridized carbons (Fsp3) is 0.275. The number of nitrogens with zero attached hydrogens (tertiary/aromatic N) is 8. The minimum absolute atomic E-state index is 0.0431. The molecule has 53 heavy (non-hydrogen) atoms. The fourth-order valence-corrected chi connectivity index (χ4v) is 8.48. The number of nitrogens with one attached hydrogen (secondary N) is 2. The van der Waals surface area contributed by atoms with Crippen LogP contribution in [0.3, 0.4) is 0 Å². The SMILES string of the molecule is CCC(=O)N1c2ccccc2[C@H](Nc2ccc(C(=O)NCc3cn(-c4ccc(C5=NCc6nnc(C)n6-c6sc(C)c(C)c65)cc4)nn3)cc2)C[C@@H]1C. The molecule has 2 N–H and O–H groups in total. The number of aryl methyl sites for hydroxylation is 2. The molecule has 13 heteroatoms. The molecule has 8 rings (SSSR count). The van der Waals surface area contributed by atoms with Crippen LogP contribution in [0.2, 0.25) is 0 Å². The second-order valence-electron chi connectivity index (χ2n) is 13.5. The van der Waals surface area contributed by atoms with Crippen LogP contribution in [0, 0.1) is 20.8 Å². The first-order valence-corrected chi connectivity index (χ1v) is 18.7. The second kappa shape index (κ2) is 13.9. The van der Waals surface area contributed by atoms with Crippen molar-refractivity contribution in [3.63, 3.8) is 0 Å². The molecule has 6 aromatic rings. The maximum atomic E-state index is 13.1. The third-order valence-electron chi connectivity index (χ3n) is 10.1. The van der Waals surface area contributed by atoms with E-state index in [1.807, 2.05) is 79.5 Å². The monoisotopic (exact) mass is 724 g/mol. The van der Waals surface area contributed by atoms with E-state index in [0.717, 1.165) is 62.5 Å². The van der Waals surface area contributed by atoms with Crippen molar-refractivity contribution >= 4 is 40.2 Å². The van der Waals surface area contributed by atoms with Crippen LogP contribution in [0.15, 0.2) is 84.0 Å². The Morgan fingerprint density at radius 2 is 1.72 bits per heavy atom. The smallest absolute Gasteiger partial charge is 0.251 e. The van der Waals surface area contributed by atoms with Gasteiger partial charge in [0, 0.05) is 45.4 Å². The number of fused-ring (bicyclic) bond motifs is 4. The second-order valence-corrected chi connectivity index (χ2v) is 14.7. The molecule has 0 aliphatic carbocycles. The van der Waals surface area contributed by atoms with Crippen molar-refractivity contribution in [2.45, 2.75) is 72.6 Å². The van der Waals surface area contributed by atoms with Crippen molar-refractivity contribution in [1.29, 1.82) is 0 Å². The molecule has 0 saturated carbocycles. The number of hydrogen-bond donors (Lipinski definition) is 2. The average molecular weight is 725 g/mol. The van der Waals surface area contributed by atoms with Crippen LogP contribution >= 0.6 is 11.3 Å². The van der Waals surface area contributed by atoms with Crippen LogP contribution in [-0.4, -0.2) is 53.3 Å². The molecule has 0 radical (unpaired) electrons. The summed E-state index contributed by atoms with van der Waals surface area (Å²) in [6.07, 6.45) is 3.07. The number of amides is 2. The molecule has 2 aliphatic rings. The summed E-state index contributed by atoms with van der Waals surface area (Å²) < 4.78 is 3.83. The first-order valence-electron chi connectivity index (χ1n) is 17.8. The van der Waals surface area contributed by atoms with Gasteiger partial charge in [-0.25, -0.2) is 4.68 Å². The van der Waals surface area contributed by atoms with Crippen LogP contribution < -0.4 is 15.5 Å². The number of thiophene rings is 1. The predicted molar refractivity (Wildman–Crippen MR) is 206 cm³/mol. The summed E-state index contributed by atoms with van der Waals surface area (Å²) in [4.78, 5) is 34.0. The van der Waals surface area contributed by atoms with Crippen molar-refractivity contribution in [3.8, 4) is 10.7 Å². The van der Waals surface area contributed by atoms with Gasteiger partial charge in [-0.15, -0.1) is 26.6 Å². The van der Waals surface area contributed by atoms with Gasteiger partial charge in [-0.3, -0.25) is 19.1 Å². The van der Waals surface area contributed by atoms with Crippen LogP contribution in [0.1, 0.15) is 87.6 Å². The van der Waals surface area contributed by atoms with Gasteiger partial charge < -0.3 is 15.5 Å². The molecule has 0 unspecified atom stereocenters. The Kier molecular flexibility index (Phi) is 8.95.